The molecule has 0 radical (unpaired) electrons. The standard InChI is InChI=1S/C12H18F3N3O2/c1-3-16-9-7-11(18-10(17-9)8-19-2)20-6-4-5-12(13,14)15/h7H,3-6,8H2,1-2H3,(H,16,17,18). The Labute approximate surface area is 115 Å². The summed E-state index contributed by atoms with van der Waals surface area (Å²) >= 11 is 0. The summed E-state index contributed by atoms with van der Waals surface area (Å²) in [6.07, 6.45) is -5.14. The minimum atomic E-state index is -4.16. The predicted octanol–water partition coefficient (Wildman–Crippen LogP) is 2.78. The van der Waals surface area contributed by atoms with Gasteiger partial charge in [-0.25, -0.2) is 4.98 Å². The first kappa shape index (κ1) is 16.5. The Morgan fingerprint density at radius 1 is 1.30 bits per heavy atom. The lowest BCUT2D eigenvalue weighted by atomic mass is 10.3. The molecule has 0 bridgehead atoms. The van der Waals surface area contributed by atoms with Crippen LogP contribution in [0.1, 0.15) is 25.6 Å². The zero-order valence-corrected chi connectivity index (χ0v) is 11.5. The van der Waals surface area contributed by atoms with Gasteiger partial charge in [0.25, 0.3) is 0 Å². The highest BCUT2D eigenvalue weighted by Gasteiger charge is 2.26. The minimum Gasteiger partial charge on any atom is -0.478 e. The summed E-state index contributed by atoms with van der Waals surface area (Å²) < 4.78 is 46.2. The van der Waals surface area contributed by atoms with Crippen LogP contribution >= 0.6 is 0 Å². The molecule has 20 heavy (non-hydrogen) atoms. The Morgan fingerprint density at radius 3 is 2.65 bits per heavy atom. The van der Waals surface area contributed by atoms with E-state index < -0.39 is 12.6 Å². The summed E-state index contributed by atoms with van der Waals surface area (Å²) in [7, 11) is 1.51. The van der Waals surface area contributed by atoms with Crippen LogP contribution in [-0.2, 0) is 11.3 Å². The highest BCUT2D eigenvalue weighted by molar-refractivity contribution is 5.38. The molecule has 1 N–H and O–H groups in total. The van der Waals surface area contributed by atoms with Gasteiger partial charge in [-0.15, -0.1) is 0 Å². The van der Waals surface area contributed by atoms with E-state index >= 15 is 0 Å². The van der Waals surface area contributed by atoms with E-state index in [9.17, 15) is 13.2 Å². The molecule has 0 saturated carbocycles. The number of nitrogens with one attached hydrogen (secondary N) is 1. The van der Waals surface area contributed by atoms with E-state index in [1.54, 1.807) is 6.07 Å². The molecule has 0 fully saturated rings. The second-order valence-corrected chi connectivity index (χ2v) is 4.04. The van der Waals surface area contributed by atoms with Crippen molar-refractivity contribution in [2.75, 3.05) is 25.6 Å². The normalized spacial score (nSPS) is 11.4. The average molecular weight is 293 g/mol. The molecule has 8 heteroatoms. The zero-order chi connectivity index (χ0) is 15.0. The van der Waals surface area contributed by atoms with E-state index in [0.29, 0.717) is 18.2 Å². The van der Waals surface area contributed by atoms with Gasteiger partial charge in [-0.2, -0.15) is 18.2 Å². The molecule has 0 amide bonds. The number of rotatable bonds is 8. The molecular formula is C12H18F3N3O2. The third kappa shape index (κ3) is 6.55. The van der Waals surface area contributed by atoms with Gasteiger partial charge in [-0.3, -0.25) is 0 Å². The molecule has 0 spiro atoms. The molecule has 1 aromatic rings. The van der Waals surface area contributed by atoms with Crippen LogP contribution in [0.15, 0.2) is 6.07 Å². The monoisotopic (exact) mass is 293 g/mol. The van der Waals surface area contributed by atoms with E-state index in [2.05, 4.69) is 15.3 Å². The number of aromatic nitrogens is 2. The maximum absolute atomic E-state index is 12.0. The average Bonchev–Trinajstić information content (AvgIpc) is 2.34. The molecule has 0 aromatic carbocycles. The largest absolute Gasteiger partial charge is 0.478 e. The first-order chi connectivity index (χ1) is 9.44. The Bertz CT molecular complexity index is 389. The van der Waals surface area contributed by atoms with Crippen LogP contribution in [-0.4, -0.2) is 36.4 Å². The highest BCUT2D eigenvalue weighted by atomic mass is 19.4. The number of anilines is 1. The molecule has 5 nitrogen and oxygen atoms in total. The number of hydrogen-bond donors (Lipinski definition) is 1. The van der Waals surface area contributed by atoms with Gasteiger partial charge in [0.05, 0.1) is 6.61 Å². The molecule has 0 aliphatic heterocycles. The van der Waals surface area contributed by atoms with Crippen LogP contribution in [0.4, 0.5) is 19.0 Å². The smallest absolute Gasteiger partial charge is 0.389 e. The van der Waals surface area contributed by atoms with Gasteiger partial charge in [0.1, 0.15) is 12.4 Å². The summed E-state index contributed by atoms with van der Waals surface area (Å²) in [6, 6.07) is 1.55. The van der Waals surface area contributed by atoms with Gasteiger partial charge in [-0.05, 0) is 13.3 Å². The molecule has 1 heterocycles. The lowest BCUT2D eigenvalue weighted by Crippen LogP contribution is -2.11. The van der Waals surface area contributed by atoms with Crippen molar-refractivity contribution < 1.29 is 22.6 Å². The molecule has 1 aromatic heterocycles. The summed E-state index contributed by atoms with van der Waals surface area (Å²) in [6.45, 7) is 2.73. The minimum absolute atomic E-state index is 0.0471. The van der Waals surface area contributed by atoms with Crippen LogP contribution in [0.5, 0.6) is 5.88 Å². The van der Waals surface area contributed by atoms with E-state index in [4.69, 9.17) is 9.47 Å². The highest BCUT2D eigenvalue weighted by Crippen LogP contribution is 2.21. The van der Waals surface area contributed by atoms with Crippen molar-refractivity contribution in [3.8, 4) is 5.88 Å². The van der Waals surface area contributed by atoms with Crippen molar-refractivity contribution >= 4 is 5.82 Å². The van der Waals surface area contributed by atoms with Gasteiger partial charge in [0.2, 0.25) is 5.88 Å². The Kier molecular flexibility index (Phi) is 6.50. The Hall–Kier alpha value is -1.57. The molecule has 114 valence electrons. The van der Waals surface area contributed by atoms with Crippen molar-refractivity contribution in [3.63, 3.8) is 0 Å². The van der Waals surface area contributed by atoms with Gasteiger partial charge in [-0.1, -0.05) is 0 Å². The number of halogens is 3. The van der Waals surface area contributed by atoms with Crippen LogP contribution < -0.4 is 10.1 Å². The fourth-order valence-electron chi connectivity index (χ4n) is 1.46. The number of methoxy groups -OCH3 is 1. The fraction of sp³-hybridized carbons (Fsp3) is 0.667. The fourth-order valence-corrected chi connectivity index (χ4v) is 1.46. The third-order valence-corrected chi connectivity index (χ3v) is 2.23. The summed E-state index contributed by atoms with van der Waals surface area (Å²) in [4.78, 5) is 8.23. The quantitative estimate of drug-likeness (QED) is 0.747. The van der Waals surface area contributed by atoms with Gasteiger partial charge < -0.3 is 14.8 Å². The molecule has 1 rings (SSSR count). The number of hydrogen-bond acceptors (Lipinski definition) is 5. The van der Waals surface area contributed by atoms with Gasteiger partial charge >= 0.3 is 6.18 Å². The van der Waals surface area contributed by atoms with E-state index in [-0.39, 0.29) is 25.5 Å². The van der Waals surface area contributed by atoms with Crippen molar-refractivity contribution in [1.29, 1.82) is 0 Å². The zero-order valence-electron chi connectivity index (χ0n) is 11.5. The second-order valence-electron chi connectivity index (χ2n) is 4.04. The number of ether oxygens (including phenoxy) is 2. The van der Waals surface area contributed by atoms with Crippen LogP contribution in [0.2, 0.25) is 0 Å². The lowest BCUT2D eigenvalue weighted by Gasteiger charge is -2.10. The summed E-state index contributed by atoms with van der Waals surface area (Å²) in [5.74, 6) is 1.21. The Balaban J connectivity index is 2.58. The first-order valence-corrected chi connectivity index (χ1v) is 6.25. The predicted molar refractivity (Wildman–Crippen MR) is 67.7 cm³/mol. The molecule has 0 unspecified atom stereocenters. The van der Waals surface area contributed by atoms with Crippen molar-refractivity contribution in [2.45, 2.75) is 32.5 Å². The Morgan fingerprint density at radius 2 is 2.05 bits per heavy atom. The van der Waals surface area contributed by atoms with Crippen molar-refractivity contribution in [3.05, 3.63) is 11.9 Å². The third-order valence-electron chi connectivity index (χ3n) is 2.23. The lowest BCUT2D eigenvalue weighted by molar-refractivity contribution is -0.136. The van der Waals surface area contributed by atoms with Gasteiger partial charge in [0.15, 0.2) is 5.82 Å². The van der Waals surface area contributed by atoms with Crippen LogP contribution in [0.3, 0.4) is 0 Å². The van der Waals surface area contributed by atoms with Crippen molar-refractivity contribution in [1.82, 2.24) is 9.97 Å². The maximum atomic E-state index is 12.0. The van der Waals surface area contributed by atoms with E-state index in [1.165, 1.54) is 7.11 Å². The topological polar surface area (TPSA) is 56.3 Å². The molecular weight excluding hydrogens is 275 g/mol. The molecule has 0 saturated heterocycles. The number of alkyl halides is 3. The molecule has 0 atom stereocenters. The van der Waals surface area contributed by atoms with Crippen molar-refractivity contribution in [2.24, 2.45) is 0 Å². The number of nitrogens with zero attached hydrogens (tertiary/aromatic N) is 2. The van der Waals surface area contributed by atoms with E-state index in [1.807, 2.05) is 6.92 Å². The summed E-state index contributed by atoms with van der Waals surface area (Å²) in [5, 5.41) is 2.99. The second kappa shape index (κ2) is 7.88. The molecule has 0 aliphatic rings. The molecule has 0 aliphatic carbocycles. The maximum Gasteiger partial charge on any atom is 0.389 e. The van der Waals surface area contributed by atoms with Crippen LogP contribution in [0, 0.1) is 0 Å². The van der Waals surface area contributed by atoms with Gasteiger partial charge in [0, 0.05) is 26.1 Å². The van der Waals surface area contributed by atoms with E-state index in [0.717, 1.165) is 0 Å². The van der Waals surface area contributed by atoms with Crippen LogP contribution in [0.25, 0.3) is 0 Å². The SMILES string of the molecule is CCNc1cc(OCCCC(F)(F)F)nc(COC)n1. The first-order valence-electron chi connectivity index (χ1n) is 6.25. The summed E-state index contributed by atoms with van der Waals surface area (Å²) in [5.41, 5.74) is 0.